The molecule has 0 saturated heterocycles. The molecule has 96 valence electrons. The van der Waals surface area contributed by atoms with Crippen LogP contribution in [0.1, 0.15) is 16.5 Å². The largest absolute Gasteiger partial charge is 0.496 e. The third kappa shape index (κ3) is 2.83. The van der Waals surface area contributed by atoms with E-state index in [0.717, 1.165) is 10.6 Å². The zero-order valence-corrected chi connectivity index (χ0v) is 11.4. The van der Waals surface area contributed by atoms with Crippen molar-refractivity contribution >= 4 is 22.9 Å². The molecule has 0 aliphatic heterocycles. The normalized spacial score (nSPS) is 12.4. The zero-order chi connectivity index (χ0) is 13.1. The molecule has 0 aliphatic carbocycles. The van der Waals surface area contributed by atoms with Crippen LogP contribution in [0.15, 0.2) is 29.6 Å². The summed E-state index contributed by atoms with van der Waals surface area (Å²) in [5, 5.41) is 2.30. The number of methoxy groups -OCH3 is 1. The van der Waals surface area contributed by atoms with Crippen molar-refractivity contribution in [2.24, 2.45) is 5.73 Å². The van der Waals surface area contributed by atoms with Crippen molar-refractivity contribution in [1.29, 1.82) is 0 Å². The van der Waals surface area contributed by atoms with Gasteiger partial charge < -0.3 is 10.5 Å². The molecular weight excluding hydrogens is 273 g/mol. The minimum absolute atomic E-state index is 0.282. The van der Waals surface area contributed by atoms with Crippen LogP contribution in [0.4, 0.5) is 4.39 Å². The first-order chi connectivity index (χ1) is 8.61. The third-order valence-electron chi connectivity index (χ3n) is 2.67. The highest BCUT2D eigenvalue weighted by atomic mass is 35.5. The Balaban J connectivity index is 2.18. The molecule has 1 atom stereocenters. The lowest BCUT2D eigenvalue weighted by atomic mass is 10.0. The molecule has 2 aromatic rings. The molecule has 1 aromatic carbocycles. The van der Waals surface area contributed by atoms with Crippen LogP contribution in [0.25, 0.3) is 0 Å². The van der Waals surface area contributed by atoms with Crippen LogP contribution in [0.3, 0.4) is 0 Å². The van der Waals surface area contributed by atoms with Gasteiger partial charge in [0.05, 0.1) is 12.0 Å². The van der Waals surface area contributed by atoms with Gasteiger partial charge in [-0.3, -0.25) is 0 Å². The van der Waals surface area contributed by atoms with Crippen molar-refractivity contribution in [2.75, 3.05) is 7.11 Å². The van der Waals surface area contributed by atoms with E-state index in [-0.39, 0.29) is 11.9 Å². The molecule has 2 nitrogen and oxygen atoms in total. The molecule has 0 spiro atoms. The average molecular weight is 286 g/mol. The van der Waals surface area contributed by atoms with E-state index in [1.165, 1.54) is 17.4 Å². The van der Waals surface area contributed by atoms with Gasteiger partial charge in [-0.15, -0.1) is 11.3 Å². The van der Waals surface area contributed by atoms with E-state index in [4.69, 9.17) is 22.1 Å². The second-order valence-corrected chi connectivity index (χ2v) is 5.28. The molecule has 18 heavy (non-hydrogen) atoms. The number of nitrogens with two attached hydrogens (primary N) is 1. The minimum Gasteiger partial charge on any atom is -0.496 e. The molecule has 5 heteroatoms. The van der Waals surface area contributed by atoms with Gasteiger partial charge in [0.15, 0.2) is 0 Å². The van der Waals surface area contributed by atoms with Gasteiger partial charge in [-0.1, -0.05) is 17.7 Å². The second kappa shape index (κ2) is 5.69. The van der Waals surface area contributed by atoms with E-state index in [2.05, 4.69) is 0 Å². The molecule has 0 radical (unpaired) electrons. The monoisotopic (exact) mass is 285 g/mol. The smallest absolute Gasteiger partial charge is 0.134 e. The zero-order valence-electron chi connectivity index (χ0n) is 9.82. The summed E-state index contributed by atoms with van der Waals surface area (Å²) in [6.07, 6.45) is 0.417. The topological polar surface area (TPSA) is 35.2 Å². The average Bonchev–Trinajstić information content (AvgIpc) is 2.81. The predicted molar refractivity (Wildman–Crippen MR) is 72.9 cm³/mol. The summed E-state index contributed by atoms with van der Waals surface area (Å²) in [5.41, 5.74) is 6.64. The molecule has 0 bridgehead atoms. The van der Waals surface area contributed by atoms with Gasteiger partial charge in [0.25, 0.3) is 0 Å². The van der Waals surface area contributed by atoms with Crippen LogP contribution >= 0.6 is 22.9 Å². The molecule has 1 unspecified atom stereocenters. The van der Waals surface area contributed by atoms with Crippen LogP contribution < -0.4 is 10.5 Å². The van der Waals surface area contributed by atoms with E-state index in [1.54, 1.807) is 19.2 Å². The van der Waals surface area contributed by atoms with Crippen molar-refractivity contribution in [3.63, 3.8) is 0 Å². The van der Waals surface area contributed by atoms with E-state index < -0.39 is 0 Å². The maximum absolute atomic E-state index is 13.7. The van der Waals surface area contributed by atoms with Crippen molar-refractivity contribution in [1.82, 2.24) is 0 Å². The Labute approximate surface area is 114 Å². The Morgan fingerprint density at radius 1 is 1.44 bits per heavy atom. The molecule has 0 aliphatic rings. The first kappa shape index (κ1) is 13.3. The second-order valence-electron chi connectivity index (χ2n) is 3.90. The van der Waals surface area contributed by atoms with Gasteiger partial charge in [-0.05, 0) is 35.6 Å². The highest BCUT2D eigenvalue weighted by Crippen LogP contribution is 2.31. The highest BCUT2D eigenvalue weighted by Gasteiger charge is 2.16. The van der Waals surface area contributed by atoms with Crippen molar-refractivity contribution in [2.45, 2.75) is 12.5 Å². The Bertz CT molecular complexity index is 544. The molecular formula is C13H13ClFNOS. The first-order valence-electron chi connectivity index (χ1n) is 5.42. The molecule has 2 N–H and O–H groups in total. The van der Waals surface area contributed by atoms with Crippen LogP contribution in [-0.4, -0.2) is 7.11 Å². The number of hydrogen-bond acceptors (Lipinski definition) is 3. The quantitative estimate of drug-likeness (QED) is 0.927. The van der Waals surface area contributed by atoms with Gasteiger partial charge in [-0.25, -0.2) is 4.39 Å². The van der Waals surface area contributed by atoms with E-state index in [0.29, 0.717) is 17.0 Å². The van der Waals surface area contributed by atoms with Crippen molar-refractivity contribution in [3.05, 3.63) is 50.9 Å². The maximum atomic E-state index is 13.7. The molecule has 2 rings (SSSR count). The van der Waals surface area contributed by atoms with Crippen molar-refractivity contribution in [3.8, 4) is 5.75 Å². The van der Waals surface area contributed by atoms with Crippen LogP contribution in [0, 0.1) is 5.82 Å². The Hall–Kier alpha value is -1.10. The first-order valence-corrected chi connectivity index (χ1v) is 6.68. The summed E-state index contributed by atoms with van der Waals surface area (Å²) in [6, 6.07) is 6.21. The fourth-order valence-electron chi connectivity index (χ4n) is 1.76. The van der Waals surface area contributed by atoms with Gasteiger partial charge >= 0.3 is 0 Å². The molecule has 0 saturated carbocycles. The lowest BCUT2D eigenvalue weighted by Gasteiger charge is -2.12. The predicted octanol–water partition coefficient (Wildman–Crippen LogP) is 3.79. The highest BCUT2D eigenvalue weighted by molar-refractivity contribution is 7.10. The summed E-state index contributed by atoms with van der Waals surface area (Å²) in [4.78, 5) is 0.923. The lowest BCUT2D eigenvalue weighted by molar-refractivity contribution is 0.408. The summed E-state index contributed by atoms with van der Waals surface area (Å²) in [6.45, 7) is 0. The number of halogens is 2. The SMILES string of the molecule is COc1ccsc1C(N)Cc1ccc(Cl)cc1F. The molecule has 1 heterocycles. The number of ether oxygens (including phenoxy) is 1. The van der Waals surface area contributed by atoms with Crippen LogP contribution in [0.2, 0.25) is 5.02 Å². The number of thiophene rings is 1. The summed E-state index contributed by atoms with van der Waals surface area (Å²) < 4.78 is 18.9. The van der Waals surface area contributed by atoms with Gasteiger partial charge in [0.2, 0.25) is 0 Å². The summed E-state index contributed by atoms with van der Waals surface area (Å²) in [5.74, 6) is 0.426. The molecule has 0 fully saturated rings. The Morgan fingerprint density at radius 2 is 2.22 bits per heavy atom. The molecule has 0 amide bonds. The number of hydrogen-bond donors (Lipinski definition) is 1. The Kier molecular flexibility index (Phi) is 4.22. The number of benzene rings is 1. The van der Waals surface area contributed by atoms with Gasteiger partial charge in [0, 0.05) is 11.1 Å². The Morgan fingerprint density at radius 3 is 2.89 bits per heavy atom. The van der Waals surface area contributed by atoms with E-state index in [1.807, 2.05) is 11.4 Å². The van der Waals surface area contributed by atoms with E-state index in [9.17, 15) is 4.39 Å². The third-order valence-corrected chi connectivity index (χ3v) is 3.93. The fraction of sp³-hybridized carbons (Fsp3) is 0.231. The van der Waals surface area contributed by atoms with Crippen LogP contribution in [0.5, 0.6) is 5.75 Å². The molecule has 1 aromatic heterocycles. The summed E-state index contributed by atoms with van der Waals surface area (Å²) >= 11 is 7.22. The van der Waals surface area contributed by atoms with Crippen molar-refractivity contribution < 1.29 is 9.13 Å². The summed E-state index contributed by atoms with van der Waals surface area (Å²) in [7, 11) is 1.60. The fourth-order valence-corrected chi connectivity index (χ4v) is 2.79. The van der Waals surface area contributed by atoms with Gasteiger partial charge in [0.1, 0.15) is 11.6 Å². The van der Waals surface area contributed by atoms with Crippen LogP contribution in [-0.2, 0) is 6.42 Å². The maximum Gasteiger partial charge on any atom is 0.134 e. The van der Waals surface area contributed by atoms with Gasteiger partial charge in [-0.2, -0.15) is 0 Å². The lowest BCUT2D eigenvalue weighted by Crippen LogP contribution is -2.13. The minimum atomic E-state index is -0.325. The van der Waals surface area contributed by atoms with E-state index >= 15 is 0 Å². The number of rotatable bonds is 4. The standard InChI is InChI=1S/C13H13ClFNOS/c1-17-12-4-5-18-13(12)11(16)6-8-2-3-9(14)7-10(8)15/h2-5,7,11H,6,16H2,1H3.